The average molecular weight is 274 g/mol. The number of anilines is 1. The first-order valence-electron chi connectivity index (χ1n) is 5.55. The van der Waals surface area contributed by atoms with Crippen molar-refractivity contribution in [2.24, 2.45) is 5.73 Å². The summed E-state index contributed by atoms with van der Waals surface area (Å²) in [5.74, 6) is 4.91. The summed E-state index contributed by atoms with van der Waals surface area (Å²) in [4.78, 5) is 13.2. The van der Waals surface area contributed by atoms with Crippen molar-refractivity contribution in [2.75, 3.05) is 11.9 Å². The highest BCUT2D eigenvalue weighted by molar-refractivity contribution is 7.14. The summed E-state index contributed by atoms with van der Waals surface area (Å²) in [6, 6.07) is 9.19. The first-order chi connectivity index (χ1) is 9.19. The molecule has 0 aliphatic heterocycles. The summed E-state index contributed by atoms with van der Waals surface area (Å²) in [5, 5.41) is 2.63. The zero-order chi connectivity index (χ0) is 13.7. The minimum Gasteiger partial charge on any atom is -0.321 e. The molecule has 3 N–H and O–H groups in total. The number of rotatable bonds is 2. The summed E-state index contributed by atoms with van der Waals surface area (Å²) >= 11 is 1.27. The van der Waals surface area contributed by atoms with E-state index >= 15 is 0 Å². The molecular formula is C14H11FN2OS. The number of nitrogens with two attached hydrogens (primary N) is 1. The second kappa shape index (κ2) is 6.14. The van der Waals surface area contributed by atoms with Crippen LogP contribution in [0.2, 0.25) is 0 Å². The second-order valence-electron chi connectivity index (χ2n) is 3.63. The normalized spacial score (nSPS) is 9.58. The Morgan fingerprint density at radius 2 is 2.21 bits per heavy atom. The molecule has 0 aliphatic rings. The number of hydrogen-bond acceptors (Lipinski definition) is 3. The van der Waals surface area contributed by atoms with E-state index in [-0.39, 0.29) is 12.5 Å². The van der Waals surface area contributed by atoms with E-state index in [1.807, 2.05) is 0 Å². The van der Waals surface area contributed by atoms with Gasteiger partial charge in [-0.3, -0.25) is 4.79 Å². The molecule has 1 aromatic heterocycles. The highest BCUT2D eigenvalue weighted by atomic mass is 32.1. The number of thiophene rings is 1. The Hall–Kier alpha value is -2.16. The van der Waals surface area contributed by atoms with Gasteiger partial charge in [-0.05, 0) is 30.3 Å². The van der Waals surface area contributed by atoms with Gasteiger partial charge in [-0.2, -0.15) is 0 Å². The Kier molecular flexibility index (Phi) is 4.29. The molecular weight excluding hydrogens is 263 g/mol. The van der Waals surface area contributed by atoms with Crippen molar-refractivity contribution in [1.29, 1.82) is 0 Å². The van der Waals surface area contributed by atoms with Gasteiger partial charge < -0.3 is 11.1 Å². The smallest absolute Gasteiger partial charge is 0.265 e. The Labute approximate surface area is 114 Å². The third kappa shape index (κ3) is 3.65. The second-order valence-corrected chi connectivity index (χ2v) is 4.72. The zero-order valence-corrected chi connectivity index (χ0v) is 10.8. The van der Waals surface area contributed by atoms with Crippen molar-refractivity contribution in [2.45, 2.75) is 0 Å². The van der Waals surface area contributed by atoms with Crippen molar-refractivity contribution in [3.63, 3.8) is 0 Å². The first-order valence-corrected chi connectivity index (χ1v) is 6.36. The van der Waals surface area contributed by atoms with Crippen molar-refractivity contribution in [3.05, 3.63) is 52.0 Å². The fraction of sp³-hybridized carbons (Fsp3) is 0.0714. The number of amides is 1. The predicted octanol–water partition coefficient (Wildman–Crippen LogP) is 2.45. The molecule has 0 fully saturated rings. The van der Waals surface area contributed by atoms with Gasteiger partial charge in [0.05, 0.1) is 16.3 Å². The number of benzene rings is 1. The lowest BCUT2D eigenvalue weighted by Gasteiger charge is -2.02. The molecule has 1 heterocycles. The van der Waals surface area contributed by atoms with Crippen LogP contribution in [0, 0.1) is 17.7 Å². The molecule has 96 valence electrons. The molecule has 0 aliphatic carbocycles. The highest BCUT2D eigenvalue weighted by Gasteiger charge is 2.09. The summed E-state index contributed by atoms with van der Waals surface area (Å²) in [7, 11) is 0. The largest absolute Gasteiger partial charge is 0.321 e. The van der Waals surface area contributed by atoms with Crippen molar-refractivity contribution < 1.29 is 9.18 Å². The van der Waals surface area contributed by atoms with E-state index in [9.17, 15) is 9.18 Å². The quantitative estimate of drug-likeness (QED) is 0.826. The standard InChI is InChI=1S/C14H11FN2OS/c15-10-3-1-4-11(9-10)17-14(18)13-7-6-12(19-13)5-2-8-16/h1,3-4,6-7,9H,8,16H2,(H,17,18). The van der Waals surface area contributed by atoms with Crippen molar-refractivity contribution >= 4 is 22.9 Å². The fourth-order valence-electron chi connectivity index (χ4n) is 1.42. The molecule has 1 amide bonds. The molecule has 2 rings (SSSR count). The molecule has 0 saturated heterocycles. The Bertz CT molecular complexity index is 655. The molecule has 5 heteroatoms. The van der Waals surface area contributed by atoms with E-state index < -0.39 is 5.82 Å². The van der Waals surface area contributed by atoms with Crippen LogP contribution in [0.4, 0.5) is 10.1 Å². The number of carbonyl (C=O) groups excluding carboxylic acids is 1. The SMILES string of the molecule is NCC#Cc1ccc(C(=O)Nc2cccc(F)c2)s1. The molecule has 0 unspecified atom stereocenters. The lowest BCUT2D eigenvalue weighted by atomic mass is 10.3. The van der Waals surface area contributed by atoms with E-state index in [0.29, 0.717) is 10.6 Å². The third-order valence-electron chi connectivity index (χ3n) is 2.23. The predicted molar refractivity (Wildman–Crippen MR) is 74.6 cm³/mol. The van der Waals surface area contributed by atoms with Gasteiger partial charge >= 0.3 is 0 Å². The maximum atomic E-state index is 13.0. The summed E-state index contributed by atoms with van der Waals surface area (Å²) in [6.07, 6.45) is 0. The van der Waals surface area contributed by atoms with Crippen LogP contribution < -0.4 is 11.1 Å². The van der Waals surface area contributed by atoms with Crippen LogP contribution in [0.3, 0.4) is 0 Å². The van der Waals surface area contributed by atoms with Crippen LogP contribution in [0.5, 0.6) is 0 Å². The Morgan fingerprint density at radius 3 is 2.95 bits per heavy atom. The third-order valence-corrected chi connectivity index (χ3v) is 3.23. The van der Waals surface area contributed by atoms with Crippen molar-refractivity contribution in [1.82, 2.24) is 0 Å². The van der Waals surface area contributed by atoms with Crippen LogP contribution in [-0.4, -0.2) is 12.5 Å². The highest BCUT2D eigenvalue weighted by Crippen LogP contribution is 2.18. The molecule has 1 aromatic carbocycles. The summed E-state index contributed by atoms with van der Waals surface area (Å²) in [6.45, 7) is 0.280. The minimum atomic E-state index is -0.390. The van der Waals surface area contributed by atoms with Gasteiger partial charge in [0.15, 0.2) is 0 Å². The van der Waals surface area contributed by atoms with E-state index in [0.717, 1.165) is 4.88 Å². The first kappa shape index (κ1) is 13.3. The van der Waals surface area contributed by atoms with Gasteiger partial charge in [0, 0.05) is 5.69 Å². The van der Waals surface area contributed by atoms with Crippen LogP contribution in [0.25, 0.3) is 0 Å². The number of carbonyl (C=O) groups is 1. The van der Waals surface area contributed by atoms with E-state index in [1.54, 1.807) is 18.2 Å². The molecule has 0 saturated carbocycles. The number of nitrogens with one attached hydrogen (secondary N) is 1. The van der Waals surface area contributed by atoms with Crippen molar-refractivity contribution in [3.8, 4) is 11.8 Å². The van der Waals surface area contributed by atoms with E-state index in [2.05, 4.69) is 17.2 Å². The molecule has 0 atom stereocenters. The van der Waals surface area contributed by atoms with Gasteiger partial charge in [0.25, 0.3) is 5.91 Å². The van der Waals surface area contributed by atoms with Gasteiger partial charge in [0.2, 0.25) is 0 Å². The van der Waals surface area contributed by atoms with Gasteiger partial charge in [-0.15, -0.1) is 11.3 Å². The minimum absolute atomic E-state index is 0.280. The molecule has 0 radical (unpaired) electrons. The van der Waals surface area contributed by atoms with Gasteiger partial charge in [0.1, 0.15) is 5.82 Å². The van der Waals surface area contributed by atoms with Crippen LogP contribution >= 0.6 is 11.3 Å². The maximum Gasteiger partial charge on any atom is 0.265 e. The fourth-order valence-corrected chi connectivity index (χ4v) is 2.20. The van der Waals surface area contributed by atoms with E-state index in [1.165, 1.54) is 29.5 Å². The number of halogens is 1. The zero-order valence-electron chi connectivity index (χ0n) is 9.94. The van der Waals surface area contributed by atoms with Crippen LogP contribution in [0.1, 0.15) is 14.5 Å². The summed E-state index contributed by atoms with van der Waals surface area (Å²) < 4.78 is 13.0. The molecule has 19 heavy (non-hydrogen) atoms. The van der Waals surface area contributed by atoms with Crippen LogP contribution in [0.15, 0.2) is 36.4 Å². The Morgan fingerprint density at radius 1 is 1.37 bits per heavy atom. The molecule has 0 spiro atoms. The lowest BCUT2D eigenvalue weighted by molar-refractivity contribution is 0.103. The topological polar surface area (TPSA) is 55.1 Å². The Balaban J connectivity index is 2.10. The number of hydrogen-bond donors (Lipinski definition) is 2. The van der Waals surface area contributed by atoms with Gasteiger partial charge in [-0.25, -0.2) is 4.39 Å². The monoisotopic (exact) mass is 274 g/mol. The molecule has 3 nitrogen and oxygen atoms in total. The van der Waals surface area contributed by atoms with Crippen LogP contribution in [-0.2, 0) is 0 Å². The lowest BCUT2D eigenvalue weighted by Crippen LogP contribution is -2.09. The summed E-state index contributed by atoms with van der Waals surface area (Å²) in [5.41, 5.74) is 5.70. The molecule has 2 aromatic rings. The molecule has 0 bridgehead atoms. The van der Waals surface area contributed by atoms with Gasteiger partial charge in [-0.1, -0.05) is 17.9 Å². The maximum absolute atomic E-state index is 13.0. The average Bonchev–Trinajstić information content (AvgIpc) is 2.85. The van der Waals surface area contributed by atoms with E-state index in [4.69, 9.17) is 5.73 Å².